The second kappa shape index (κ2) is 5.50. The minimum atomic E-state index is -0.328. The maximum absolute atomic E-state index is 11.1. The number of rotatable bonds is 4. The van der Waals surface area contributed by atoms with Gasteiger partial charge in [0.15, 0.2) is 5.82 Å². The molecule has 1 heterocycles. The largest absolute Gasteiger partial charge is 0.358 e. The number of carbonyl (C=O) groups is 2. The third-order valence-electron chi connectivity index (χ3n) is 1.94. The number of hydrogen-bond acceptors (Lipinski definition) is 3. The maximum Gasteiger partial charge on any atom is 0.241 e. The molecular weight excluding hydrogens is 232 g/mol. The Kier molecular flexibility index (Phi) is 4.30. The van der Waals surface area contributed by atoms with Gasteiger partial charge in [0.2, 0.25) is 11.8 Å². The van der Waals surface area contributed by atoms with Gasteiger partial charge in [0.05, 0.1) is 0 Å². The Labute approximate surface area is 98.0 Å². The lowest BCUT2D eigenvalue weighted by Crippen LogP contribution is -2.24. The summed E-state index contributed by atoms with van der Waals surface area (Å²) in [4.78, 5) is 22.1. The number of aromatic nitrogens is 2. The molecule has 1 aromatic rings. The molecule has 7 heteroatoms. The molecule has 0 aromatic carbocycles. The van der Waals surface area contributed by atoms with Crippen LogP contribution < -0.4 is 10.6 Å². The average Bonchev–Trinajstić information content (AvgIpc) is 2.58. The summed E-state index contributed by atoms with van der Waals surface area (Å²) in [6, 6.07) is 1.67. The molecule has 0 aliphatic carbocycles. The summed E-state index contributed by atoms with van der Waals surface area (Å²) in [5, 5.41) is 9.05. The summed E-state index contributed by atoms with van der Waals surface area (Å²) < 4.78 is 1.50. The molecule has 0 saturated carbocycles. The summed E-state index contributed by atoms with van der Waals surface area (Å²) in [5.41, 5.74) is 0.786. The van der Waals surface area contributed by atoms with E-state index in [4.69, 9.17) is 11.6 Å². The fraction of sp³-hybridized carbons (Fsp3) is 0.444. The highest BCUT2D eigenvalue weighted by molar-refractivity contribution is 6.28. The molecule has 0 unspecified atom stereocenters. The lowest BCUT2D eigenvalue weighted by molar-refractivity contribution is -0.121. The Hall–Kier alpha value is -1.56. The zero-order chi connectivity index (χ0) is 12.1. The molecular formula is C9H13ClN4O2. The van der Waals surface area contributed by atoms with Gasteiger partial charge in [-0.25, -0.2) is 0 Å². The standard InChI is InChI=1S/C9H13ClN4O2/c1-6-3-7(12-8(15)4-10)13-14(6)5-9(16)11-2/h3H,4-5H2,1-2H3,(H,11,16)(H,12,13,15). The number of nitrogens with zero attached hydrogens (tertiary/aromatic N) is 2. The van der Waals surface area contributed by atoms with E-state index in [9.17, 15) is 9.59 Å². The van der Waals surface area contributed by atoms with Crippen molar-refractivity contribution in [2.75, 3.05) is 18.2 Å². The summed E-state index contributed by atoms with van der Waals surface area (Å²) in [5.74, 6) is -0.207. The van der Waals surface area contributed by atoms with Crippen LogP contribution in [0.2, 0.25) is 0 Å². The average molecular weight is 245 g/mol. The van der Waals surface area contributed by atoms with Crippen LogP contribution >= 0.6 is 11.6 Å². The minimum Gasteiger partial charge on any atom is -0.358 e. The van der Waals surface area contributed by atoms with Crippen molar-refractivity contribution in [1.29, 1.82) is 0 Å². The fourth-order valence-electron chi connectivity index (χ4n) is 1.12. The van der Waals surface area contributed by atoms with Crippen molar-refractivity contribution in [1.82, 2.24) is 15.1 Å². The van der Waals surface area contributed by atoms with Gasteiger partial charge < -0.3 is 10.6 Å². The Morgan fingerprint density at radius 2 is 2.19 bits per heavy atom. The van der Waals surface area contributed by atoms with Gasteiger partial charge in [0.25, 0.3) is 0 Å². The van der Waals surface area contributed by atoms with E-state index in [2.05, 4.69) is 15.7 Å². The van der Waals surface area contributed by atoms with Crippen molar-refractivity contribution < 1.29 is 9.59 Å². The molecule has 0 aliphatic heterocycles. The number of aryl methyl sites for hydroxylation is 1. The van der Waals surface area contributed by atoms with Gasteiger partial charge in [0, 0.05) is 18.8 Å². The normalized spacial score (nSPS) is 9.94. The van der Waals surface area contributed by atoms with Crippen LogP contribution in [-0.4, -0.2) is 34.5 Å². The first-order valence-electron chi connectivity index (χ1n) is 4.67. The van der Waals surface area contributed by atoms with E-state index in [1.54, 1.807) is 20.0 Å². The van der Waals surface area contributed by atoms with Crippen molar-refractivity contribution in [3.8, 4) is 0 Å². The third-order valence-corrected chi connectivity index (χ3v) is 2.18. The lowest BCUT2D eigenvalue weighted by Gasteiger charge is -2.02. The summed E-state index contributed by atoms with van der Waals surface area (Å²) >= 11 is 5.34. The Bertz CT molecular complexity index is 402. The van der Waals surface area contributed by atoms with E-state index >= 15 is 0 Å². The molecule has 1 aromatic heterocycles. The van der Waals surface area contributed by atoms with E-state index in [0.717, 1.165) is 5.69 Å². The smallest absolute Gasteiger partial charge is 0.241 e. The number of amides is 2. The molecule has 2 amide bonds. The van der Waals surface area contributed by atoms with Crippen LogP contribution in [0, 0.1) is 6.92 Å². The Balaban J connectivity index is 2.73. The van der Waals surface area contributed by atoms with Crippen LogP contribution in [0.15, 0.2) is 6.07 Å². The monoisotopic (exact) mass is 244 g/mol. The second-order valence-corrected chi connectivity index (χ2v) is 3.45. The van der Waals surface area contributed by atoms with Crippen molar-refractivity contribution in [3.63, 3.8) is 0 Å². The number of hydrogen-bond donors (Lipinski definition) is 2. The molecule has 0 radical (unpaired) electrons. The van der Waals surface area contributed by atoms with Gasteiger partial charge in [0.1, 0.15) is 12.4 Å². The SMILES string of the molecule is CNC(=O)Cn1nc(NC(=O)CCl)cc1C. The second-order valence-electron chi connectivity index (χ2n) is 3.18. The van der Waals surface area contributed by atoms with Crippen molar-refractivity contribution in [2.24, 2.45) is 0 Å². The van der Waals surface area contributed by atoms with Crippen LogP contribution in [0.3, 0.4) is 0 Å². The highest BCUT2D eigenvalue weighted by atomic mass is 35.5. The number of carbonyl (C=O) groups excluding carboxylic acids is 2. The molecule has 16 heavy (non-hydrogen) atoms. The predicted octanol–water partition coefficient (Wildman–Crippen LogP) is 0.115. The van der Waals surface area contributed by atoms with E-state index in [0.29, 0.717) is 5.82 Å². The van der Waals surface area contributed by atoms with Crippen molar-refractivity contribution in [3.05, 3.63) is 11.8 Å². The first kappa shape index (κ1) is 12.5. The first-order chi connectivity index (χ1) is 7.56. The van der Waals surface area contributed by atoms with E-state index in [1.165, 1.54) is 4.68 Å². The van der Waals surface area contributed by atoms with Gasteiger partial charge in [-0.15, -0.1) is 11.6 Å². The molecule has 0 spiro atoms. The zero-order valence-corrected chi connectivity index (χ0v) is 9.84. The molecule has 0 aliphatic rings. The predicted molar refractivity (Wildman–Crippen MR) is 60.4 cm³/mol. The topological polar surface area (TPSA) is 76.0 Å². The molecule has 0 bridgehead atoms. The number of anilines is 1. The Morgan fingerprint density at radius 3 is 2.75 bits per heavy atom. The molecule has 88 valence electrons. The van der Waals surface area contributed by atoms with Crippen LogP contribution in [-0.2, 0) is 16.1 Å². The Morgan fingerprint density at radius 1 is 1.50 bits per heavy atom. The summed E-state index contributed by atoms with van der Waals surface area (Å²) in [6.45, 7) is 1.92. The number of nitrogens with one attached hydrogen (secondary N) is 2. The van der Waals surface area contributed by atoms with Crippen molar-refractivity contribution >= 4 is 29.2 Å². The molecule has 0 saturated heterocycles. The van der Waals surface area contributed by atoms with E-state index in [-0.39, 0.29) is 24.2 Å². The first-order valence-corrected chi connectivity index (χ1v) is 5.21. The quantitative estimate of drug-likeness (QED) is 0.739. The van der Waals surface area contributed by atoms with E-state index in [1.807, 2.05) is 0 Å². The number of likely N-dealkylation sites (N-methyl/N-ethyl adjacent to an activating group) is 1. The molecule has 0 fully saturated rings. The van der Waals surface area contributed by atoms with Gasteiger partial charge >= 0.3 is 0 Å². The molecule has 2 N–H and O–H groups in total. The van der Waals surface area contributed by atoms with Gasteiger partial charge in [-0.05, 0) is 6.92 Å². The highest BCUT2D eigenvalue weighted by Gasteiger charge is 2.09. The van der Waals surface area contributed by atoms with Crippen LogP contribution in [0.25, 0.3) is 0 Å². The lowest BCUT2D eigenvalue weighted by atomic mass is 10.4. The van der Waals surface area contributed by atoms with Crippen LogP contribution in [0.5, 0.6) is 0 Å². The number of halogens is 1. The maximum atomic E-state index is 11.1. The molecule has 0 atom stereocenters. The summed E-state index contributed by atoms with van der Waals surface area (Å²) in [7, 11) is 1.55. The van der Waals surface area contributed by atoms with Crippen molar-refractivity contribution in [2.45, 2.75) is 13.5 Å². The fourth-order valence-corrected chi connectivity index (χ4v) is 1.19. The minimum absolute atomic E-state index is 0.124. The van der Waals surface area contributed by atoms with E-state index < -0.39 is 0 Å². The number of alkyl halides is 1. The van der Waals surface area contributed by atoms with Gasteiger partial charge in [-0.2, -0.15) is 5.10 Å². The highest BCUT2D eigenvalue weighted by Crippen LogP contribution is 2.08. The summed E-state index contributed by atoms with van der Waals surface area (Å²) in [6.07, 6.45) is 0. The zero-order valence-electron chi connectivity index (χ0n) is 9.08. The van der Waals surface area contributed by atoms with Crippen LogP contribution in [0.1, 0.15) is 5.69 Å². The van der Waals surface area contributed by atoms with Gasteiger partial charge in [-0.1, -0.05) is 0 Å². The van der Waals surface area contributed by atoms with Gasteiger partial charge in [-0.3, -0.25) is 14.3 Å². The van der Waals surface area contributed by atoms with Crippen LogP contribution in [0.4, 0.5) is 5.82 Å². The third kappa shape index (κ3) is 3.23. The molecule has 1 rings (SSSR count). The molecule has 6 nitrogen and oxygen atoms in total.